The Hall–Kier alpha value is -2.61. The summed E-state index contributed by atoms with van der Waals surface area (Å²) < 4.78 is 2.24. The summed E-state index contributed by atoms with van der Waals surface area (Å²) in [5, 5.41) is 0. The van der Waals surface area contributed by atoms with E-state index < -0.39 is 0 Å². The van der Waals surface area contributed by atoms with Crippen LogP contribution in [0.25, 0.3) is 17.3 Å². The Morgan fingerprint density at radius 3 is 2.76 bits per heavy atom. The van der Waals surface area contributed by atoms with Crippen LogP contribution in [0.3, 0.4) is 0 Å². The molecule has 1 atom stereocenters. The number of rotatable bonds is 2. The molecule has 1 aliphatic heterocycles. The van der Waals surface area contributed by atoms with Crippen molar-refractivity contribution in [3.63, 3.8) is 0 Å². The molecule has 102 valence electrons. The van der Waals surface area contributed by atoms with E-state index in [4.69, 9.17) is 0 Å². The van der Waals surface area contributed by atoms with Gasteiger partial charge in [-0.1, -0.05) is 60.7 Å². The van der Waals surface area contributed by atoms with Crippen molar-refractivity contribution in [1.82, 2.24) is 9.55 Å². The van der Waals surface area contributed by atoms with Crippen molar-refractivity contribution in [2.75, 3.05) is 0 Å². The lowest BCUT2D eigenvalue weighted by Gasteiger charge is -2.10. The normalized spacial score (nSPS) is 16.1. The summed E-state index contributed by atoms with van der Waals surface area (Å²) in [7, 11) is 0. The minimum Gasteiger partial charge on any atom is -0.319 e. The van der Waals surface area contributed by atoms with E-state index in [0.29, 0.717) is 0 Å². The number of nitrogens with zero attached hydrogens (tertiary/aromatic N) is 2. The molecule has 0 saturated heterocycles. The Kier molecular flexibility index (Phi) is 2.74. The summed E-state index contributed by atoms with van der Waals surface area (Å²) in [6, 6.07) is 17.3. The molecule has 21 heavy (non-hydrogen) atoms. The van der Waals surface area contributed by atoms with Crippen LogP contribution < -0.4 is 0 Å². The highest BCUT2D eigenvalue weighted by molar-refractivity contribution is 5.70. The molecule has 2 nitrogen and oxygen atoms in total. The van der Waals surface area contributed by atoms with Crippen LogP contribution in [0.5, 0.6) is 0 Å². The van der Waals surface area contributed by atoms with Crippen LogP contribution >= 0.6 is 0 Å². The fraction of sp³-hybridized carbons (Fsp3) is 0.105. The van der Waals surface area contributed by atoms with E-state index in [1.165, 1.54) is 27.9 Å². The van der Waals surface area contributed by atoms with E-state index in [1.807, 2.05) is 12.5 Å². The zero-order valence-electron chi connectivity index (χ0n) is 11.9. The maximum Gasteiger partial charge on any atom is 0.0959 e. The van der Waals surface area contributed by atoms with Gasteiger partial charge in [-0.3, -0.25) is 0 Å². The first kappa shape index (κ1) is 12.2. The second kappa shape index (κ2) is 4.74. The number of hydrogen-bond donors (Lipinski definition) is 0. The highest BCUT2D eigenvalue weighted by Gasteiger charge is 2.25. The molecule has 0 radical (unpaired) electrons. The van der Waals surface area contributed by atoms with Crippen molar-refractivity contribution in [2.45, 2.75) is 13.0 Å². The van der Waals surface area contributed by atoms with Crippen molar-refractivity contribution in [3.8, 4) is 11.3 Å². The summed E-state index contributed by atoms with van der Waals surface area (Å²) in [5.41, 5.74) is 6.40. The van der Waals surface area contributed by atoms with Crippen LogP contribution in [0, 0.1) is 6.92 Å². The first-order valence-corrected chi connectivity index (χ1v) is 7.19. The lowest BCUT2D eigenvalue weighted by molar-refractivity contribution is 0.738. The fourth-order valence-corrected chi connectivity index (χ4v) is 3.04. The Bertz CT molecular complexity index is 827. The summed E-state index contributed by atoms with van der Waals surface area (Å²) in [4.78, 5) is 4.29. The van der Waals surface area contributed by atoms with Gasteiger partial charge in [0.2, 0.25) is 0 Å². The molecule has 0 aliphatic carbocycles. The predicted molar refractivity (Wildman–Crippen MR) is 86.0 cm³/mol. The first-order chi connectivity index (χ1) is 10.3. The number of benzene rings is 2. The lowest BCUT2D eigenvalue weighted by atomic mass is 10.0. The third kappa shape index (κ3) is 1.91. The standard InChI is InChI=1S/C19H16N2/c1-14-6-2-3-7-15(14)10-11-18-16-8-4-5-9-17(16)19-12-20-13-21(18)19/h2-13,18H,1H3. The molecule has 4 rings (SSSR count). The van der Waals surface area contributed by atoms with Crippen molar-refractivity contribution in [3.05, 3.63) is 83.8 Å². The number of imidazole rings is 1. The number of aryl methyl sites for hydroxylation is 1. The minimum atomic E-state index is 0.235. The number of hydrogen-bond acceptors (Lipinski definition) is 1. The molecular formula is C19H16N2. The molecule has 1 unspecified atom stereocenters. The van der Waals surface area contributed by atoms with Gasteiger partial charge in [0.05, 0.1) is 24.3 Å². The summed E-state index contributed by atoms with van der Waals surface area (Å²) in [5.74, 6) is 0. The van der Waals surface area contributed by atoms with Crippen LogP contribution in [-0.2, 0) is 0 Å². The van der Waals surface area contributed by atoms with Crippen LogP contribution in [-0.4, -0.2) is 9.55 Å². The van der Waals surface area contributed by atoms with E-state index in [0.717, 1.165) is 0 Å². The van der Waals surface area contributed by atoms with Gasteiger partial charge in [0, 0.05) is 5.56 Å². The second-order valence-corrected chi connectivity index (χ2v) is 5.43. The molecule has 0 N–H and O–H groups in total. The number of fused-ring (bicyclic) bond motifs is 3. The van der Waals surface area contributed by atoms with Gasteiger partial charge in [-0.25, -0.2) is 4.98 Å². The zero-order valence-corrected chi connectivity index (χ0v) is 11.9. The van der Waals surface area contributed by atoms with Gasteiger partial charge in [0.25, 0.3) is 0 Å². The van der Waals surface area contributed by atoms with Crippen LogP contribution in [0.1, 0.15) is 22.7 Å². The molecule has 0 saturated carbocycles. The van der Waals surface area contributed by atoms with E-state index in [2.05, 4.69) is 77.2 Å². The van der Waals surface area contributed by atoms with Gasteiger partial charge in [0.1, 0.15) is 0 Å². The molecule has 0 amide bonds. The number of aromatic nitrogens is 2. The molecule has 1 aromatic heterocycles. The van der Waals surface area contributed by atoms with Crippen LogP contribution in [0.4, 0.5) is 0 Å². The summed E-state index contributed by atoms with van der Waals surface area (Å²) >= 11 is 0. The maximum absolute atomic E-state index is 4.29. The van der Waals surface area contributed by atoms with Gasteiger partial charge < -0.3 is 4.57 Å². The highest BCUT2D eigenvalue weighted by Crippen LogP contribution is 2.39. The molecule has 3 aromatic rings. The van der Waals surface area contributed by atoms with Gasteiger partial charge in [0.15, 0.2) is 0 Å². The van der Waals surface area contributed by atoms with Gasteiger partial charge in [-0.2, -0.15) is 0 Å². The maximum atomic E-state index is 4.29. The van der Waals surface area contributed by atoms with E-state index in [1.54, 1.807) is 0 Å². The Morgan fingerprint density at radius 2 is 1.86 bits per heavy atom. The molecule has 2 aromatic carbocycles. The third-order valence-electron chi connectivity index (χ3n) is 4.17. The SMILES string of the molecule is Cc1ccccc1C=CC1c2ccccc2-c2cncn21. The molecule has 0 bridgehead atoms. The quantitative estimate of drug-likeness (QED) is 0.672. The Balaban J connectivity index is 1.78. The number of allylic oxidation sites excluding steroid dienone is 1. The van der Waals surface area contributed by atoms with Crippen molar-refractivity contribution >= 4 is 6.08 Å². The van der Waals surface area contributed by atoms with Crippen molar-refractivity contribution in [2.24, 2.45) is 0 Å². The van der Waals surface area contributed by atoms with E-state index in [-0.39, 0.29) is 6.04 Å². The van der Waals surface area contributed by atoms with Crippen LogP contribution in [0.15, 0.2) is 67.1 Å². The summed E-state index contributed by atoms with van der Waals surface area (Å²) in [6.45, 7) is 2.14. The third-order valence-corrected chi connectivity index (χ3v) is 4.17. The molecule has 1 aliphatic rings. The van der Waals surface area contributed by atoms with E-state index in [9.17, 15) is 0 Å². The van der Waals surface area contributed by atoms with Crippen LogP contribution in [0.2, 0.25) is 0 Å². The molecular weight excluding hydrogens is 256 g/mol. The lowest BCUT2D eigenvalue weighted by Crippen LogP contribution is -2.00. The monoisotopic (exact) mass is 272 g/mol. The Morgan fingerprint density at radius 1 is 1.05 bits per heavy atom. The van der Waals surface area contributed by atoms with Crippen molar-refractivity contribution in [1.29, 1.82) is 0 Å². The second-order valence-electron chi connectivity index (χ2n) is 5.43. The largest absolute Gasteiger partial charge is 0.319 e. The average molecular weight is 272 g/mol. The summed E-state index contributed by atoms with van der Waals surface area (Å²) in [6.07, 6.45) is 8.34. The van der Waals surface area contributed by atoms with Gasteiger partial charge in [-0.05, 0) is 23.6 Å². The molecule has 0 spiro atoms. The highest BCUT2D eigenvalue weighted by atomic mass is 15.1. The topological polar surface area (TPSA) is 17.8 Å². The predicted octanol–water partition coefficient (Wildman–Crippen LogP) is 4.47. The van der Waals surface area contributed by atoms with Gasteiger partial charge in [-0.15, -0.1) is 0 Å². The first-order valence-electron chi connectivity index (χ1n) is 7.19. The molecule has 0 fully saturated rings. The average Bonchev–Trinajstić information content (AvgIpc) is 3.08. The Labute approximate surface area is 124 Å². The van der Waals surface area contributed by atoms with Crippen molar-refractivity contribution < 1.29 is 0 Å². The fourth-order valence-electron chi connectivity index (χ4n) is 3.04. The van der Waals surface area contributed by atoms with E-state index >= 15 is 0 Å². The molecule has 2 heterocycles. The molecule has 2 heteroatoms. The van der Waals surface area contributed by atoms with Gasteiger partial charge >= 0.3 is 0 Å². The zero-order chi connectivity index (χ0) is 14.2. The minimum absolute atomic E-state index is 0.235. The smallest absolute Gasteiger partial charge is 0.0959 e.